The molecule has 2 rings (SSSR count). The highest BCUT2D eigenvalue weighted by Crippen LogP contribution is 2.37. The first-order chi connectivity index (χ1) is 8.24. The Hall–Kier alpha value is -1.61. The zero-order valence-electron chi connectivity index (χ0n) is 10.2. The van der Waals surface area contributed by atoms with E-state index in [4.69, 9.17) is 5.73 Å². The molecule has 3 heteroatoms. The van der Waals surface area contributed by atoms with E-state index in [0.717, 1.165) is 17.1 Å². The molecule has 1 aliphatic rings. The van der Waals surface area contributed by atoms with Crippen LogP contribution >= 0.6 is 0 Å². The molecule has 1 aromatic carbocycles. The summed E-state index contributed by atoms with van der Waals surface area (Å²) in [7, 11) is 0. The number of aliphatic imine (C=N–C) groups is 1. The minimum atomic E-state index is 0.553. The van der Waals surface area contributed by atoms with Crippen molar-refractivity contribution in [2.24, 2.45) is 16.6 Å². The molecule has 1 saturated carbocycles. The predicted molar refractivity (Wildman–Crippen MR) is 72.9 cm³/mol. The van der Waals surface area contributed by atoms with E-state index in [0.29, 0.717) is 12.5 Å². The first-order valence-corrected chi connectivity index (χ1v) is 5.98. The van der Waals surface area contributed by atoms with Gasteiger partial charge < -0.3 is 11.1 Å². The molecule has 0 radical (unpaired) electrons. The van der Waals surface area contributed by atoms with E-state index in [9.17, 15) is 0 Å². The Morgan fingerprint density at radius 2 is 2.29 bits per heavy atom. The highest BCUT2D eigenvalue weighted by atomic mass is 15.0. The minimum absolute atomic E-state index is 0.553. The Bertz CT molecular complexity index is 445. The molecule has 0 aromatic heterocycles. The summed E-state index contributed by atoms with van der Waals surface area (Å²) in [6, 6.07) is 8.08. The molecule has 0 saturated heterocycles. The van der Waals surface area contributed by atoms with Gasteiger partial charge in [0.1, 0.15) is 5.82 Å². The third-order valence-electron chi connectivity index (χ3n) is 3.15. The Morgan fingerprint density at radius 1 is 1.53 bits per heavy atom. The second-order valence-corrected chi connectivity index (χ2v) is 4.49. The van der Waals surface area contributed by atoms with Gasteiger partial charge in [0.2, 0.25) is 0 Å². The molecule has 17 heavy (non-hydrogen) atoms. The molecular weight excluding hydrogens is 210 g/mol. The number of hydrogen-bond acceptors (Lipinski definition) is 3. The van der Waals surface area contributed by atoms with Crippen molar-refractivity contribution in [3.05, 3.63) is 41.2 Å². The van der Waals surface area contributed by atoms with Crippen LogP contribution in [-0.4, -0.2) is 6.72 Å². The van der Waals surface area contributed by atoms with Crippen LogP contribution in [-0.2, 0) is 6.54 Å². The number of rotatable bonds is 5. The summed E-state index contributed by atoms with van der Waals surface area (Å²) in [4.78, 5) is 4.09. The average Bonchev–Trinajstić information content (AvgIpc) is 3.19. The largest absolute Gasteiger partial charge is 0.340 e. The molecule has 90 valence electrons. The van der Waals surface area contributed by atoms with Gasteiger partial charge in [-0.2, -0.15) is 0 Å². The Morgan fingerprint density at radius 3 is 2.88 bits per heavy atom. The molecule has 3 N–H and O–H groups in total. The summed E-state index contributed by atoms with van der Waals surface area (Å²) in [5.74, 6) is 1.59. The van der Waals surface area contributed by atoms with Crippen molar-refractivity contribution in [1.82, 2.24) is 0 Å². The van der Waals surface area contributed by atoms with Crippen LogP contribution in [0, 0.1) is 5.92 Å². The molecule has 0 amide bonds. The summed E-state index contributed by atoms with van der Waals surface area (Å²) >= 11 is 0. The summed E-state index contributed by atoms with van der Waals surface area (Å²) in [6.07, 6.45) is 2.55. The lowest BCUT2D eigenvalue weighted by Crippen LogP contribution is -2.03. The van der Waals surface area contributed by atoms with Crippen LogP contribution in [0.5, 0.6) is 0 Å². The van der Waals surface area contributed by atoms with Crippen LogP contribution in [0.15, 0.2) is 40.7 Å². The molecule has 1 aliphatic carbocycles. The lowest BCUT2D eigenvalue weighted by molar-refractivity contribution is 0.966. The van der Waals surface area contributed by atoms with Gasteiger partial charge in [-0.15, -0.1) is 0 Å². The van der Waals surface area contributed by atoms with Crippen LogP contribution in [0.2, 0.25) is 0 Å². The molecule has 1 aromatic rings. The highest BCUT2D eigenvalue weighted by Gasteiger charge is 2.25. The summed E-state index contributed by atoms with van der Waals surface area (Å²) in [6.45, 7) is 6.32. The van der Waals surface area contributed by atoms with E-state index in [1.54, 1.807) is 0 Å². The number of anilines is 1. The van der Waals surface area contributed by atoms with E-state index in [2.05, 4.69) is 24.0 Å². The van der Waals surface area contributed by atoms with Gasteiger partial charge in [-0.1, -0.05) is 12.1 Å². The average molecular weight is 229 g/mol. The van der Waals surface area contributed by atoms with Crippen LogP contribution in [0.3, 0.4) is 0 Å². The van der Waals surface area contributed by atoms with E-state index >= 15 is 0 Å². The van der Waals surface area contributed by atoms with Crippen molar-refractivity contribution < 1.29 is 0 Å². The maximum Gasteiger partial charge on any atom is 0.128 e. The molecule has 0 spiro atoms. The quantitative estimate of drug-likeness (QED) is 0.763. The summed E-state index contributed by atoms with van der Waals surface area (Å²) in [5, 5.41) is 3.32. The van der Waals surface area contributed by atoms with Crippen molar-refractivity contribution in [1.29, 1.82) is 0 Å². The van der Waals surface area contributed by atoms with Crippen LogP contribution in [0.25, 0.3) is 0 Å². The SMILES string of the molecule is C=N/C(Nc1cccc(CN)c1)=C(\C)C1CC1. The van der Waals surface area contributed by atoms with Gasteiger partial charge in [-0.05, 0) is 55.7 Å². The van der Waals surface area contributed by atoms with E-state index in [-0.39, 0.29) is 0 Å². The molecular formula is C14H19N3. The van der Waals surface area contributed by atoms with E-state index in [1.807, 2.05) is 24.3 Å². The van der Waals surface area contributed by atoms with Crippen molar-refractivity contribution in [2.75, 3.05) is 5.32 Å². The van der Waals surface area contributed by atoms with Crippen molar-refractivity contribution in [2.45, 2.75) is 26.3 Å². The topological polar surface area (TPSA) is 50.4 Å². The van der Waals surface area contributed by atoms with Gasteiger partial charge in [-0.25, -0.2) is 4.99 Å². The third kappa shape index (κ3) is 2.94. The lowest BCUT2D eigenvalue weighted by atomic mass is 10.1. The second kappa shape index (κ2) is 5.15. The Kier molecular flexibility index (Phi) is 3.59. The first kappa shape index (κ1) is 11.9. The predicted octanol–water partition coefficient (Wildman–Crippen LogP) is 2.90. The van der Waals surface area contributed by atoms with Crippen molar-refractivity contribution in [3.63, 3.8) is 0 Å². The van der Waals surface area contributed by atoms with E-state index < -0.39 is 0 Å². The normalized spacial score (nSPS) is 16.4. The van der Waals surface area contributed by atoms with Crippen molar-refractivity contribution >= 4 is 12.4 Å². The maximum absolute atomic E-state index is 5.62. The molecule has 1 fully saturated rings. The first-order valence-electron chi connectivity index (χ1n) is 5.98. The number of nitrogens with two attached hydrogens (primary N) is 1. The monoisotopic (exact) mass is 229 g/mol. The fourth-order valence-corrected chi connectivity index (χ4v) is 1.89. The Balaban J connectivity index is 2.17. The van der Waals surface area contributed by atoms with Crippen LogP contribution in [0.4, 0.5) is 5.69 Å². The highest BCUT2D eigenvalue weighted by molar-refractivity contribution is 5.52. The molecule has 0 heterocycles. The molecule has 0 atom stereocenters. The summed E-state index contributed by atoms with van der Waals surface area (Å²) < 4.78 is 0. The van der Waals surface area contributed by atoms with Crippen LogP contribution in [0.1, 0.15) is 25.3 Å². The van der Waals surface area contributed by atoms with Crippen LogP contribution < -0.4 is 11.1 Å². The number of allylic oxidation sites excluding steroid dienone is 1. The molecule has 0 aliphatic heterocycles. The smallest absolute Gasteiger partial charge is 0.128 e. The third-order valence-corrected chi connectivity index (χ3v) is 3.15. The number of hydrogen-bond donors (Lipinski definition) is 2. The molecule has 3 nitrogen and oxygen atoms in total. The van der Waals surface area contributed by atoms with E-state index in [1.165, 1.54) is 18.4 Å². The molecule has 0 bridgehead atoms. The Labute approximate surface area is 102 Å². The molecule has 0 unspecified atom stereocenters. The van der Waals surface area contributed by atoms with Gasteiger partial charge in [0.25, 0.3) is 0 Å². The number of nitrogens with one attached hydrogen (secondary N) is 1. The van der Waals surface area contributed by atoms with Gasteiger partial charge >= 0.3 is 0 Å². The van der Waals surface area contributed by atoms with Gasteiger partial charge in [0, 0.05) is 12.2 Å². The number of nitrogens with zero attached hydrogens (tertiary/aromatic N) is 1. The standard InChI is InChI=1S/C14H19N3/c1-10(12-6-7-12)14(16-2)17-13-5-3-4-11(8-13)9-15/h3-5,8,12,17H,2,6-7,9,15H2,1H3/b14-10-. The minimum Gasteiger partial charge on any atom is -0.340 e. The lowest BCUT2D eigenvalue weighted by Gasteiger charge is -2.11. The fraction of sp³-hybridized carbons (Fsp3) is 0.357. The summed E-state index contributed by atoms with van der Waals surface area (Å²) in [5.41, 5.74) is 9.07. The zero-order valence-corrected chi connectivity index (χ0v) is 10.2. The zero-order chi connectivity index (χ0) is 12.3. The maximum atomic E-state index is 5.62. The number of benzene rings is 1. The van der Waals surface area contributed by atoms with Gasteiger partial charge in [0.15, 0.2) is 0 Å². The van der Waals surface area contributed by atoms with Gasteiger partial charge in [0.05, 0.1) is 0 Å². The van der Waals surface area contributed by atoms with Crippen molar-refractivity contribution in [3.8, 4) is 0 Å². The van der Waals surface area contributed by atoms with Gasteiger partial charge in [-0.3, -0.25) is 0 Å². The second-order valence-electron chi connectivity index (χ2n) is 4.49. The fourth-order valence-electron chi connectivity index (χ4n) is 1.89.